The third kappa shape index (κ3) is 3.86. The van der Waals surface area contributed by atoms with Gasteiger partial charge in [0.15, 0.2) is 6.10 Å². The first-order valence-corrected chi connectivity index (χ1v) is 9.12. The molecule has 0 aliphatic heterocycles. The largest absolute Gasteiger partial charge is 0.448 e. The molecular weight excluding hydrogens is 380 g/mol. The number of anilines is 1. The molecule has 0 spiro atoms. The van der Waals surface area contributed by atoms with Crippen molar-refractivity contribution in [3.8, 4) is 0 Å². The molecule has 0 unspecified atom stereocenters. The van der Waals surface area contributed by atoms with Gasteiger partial charge in [0.05, 0.1) is 15.6 Å². The Morgan fingerprint density at radius 3 is 2.81 bits per heavy atom. The second-order valence-electron chi connectivity index (χ2n) is 5.87. The third-order valence-electron chi connectivity index (χ3n) is 4.02. The van der Waals surface area contributed by atoms with Gasteiger partial charge in [-0.05, 0) is 43.9 Å². The van der Waals surface area contributed by atoms with Crippen LogP contribution in [0.4, 0.5) is 11.4 Å². The number of aryl methyl sites for hydroxylation is 2. The first-order chi connectivity index (χ1) is 12.3. The number of hydrogen-bond donors (Lipinski definition) is 1. The molecule has 0 saturated heterocycles. The number of esters is 1. The smallest absolute Gasteiger partial charge is 0.349 e. The molecule has 1 N–H and O–H groups in total. The van der Waals surface area contributed by atoms with Crippen LogP contribution in [0.3, 0.4) is 0 Å². The van der Waals surface area contributed by atoms with E-state index in [1.165, 1.54) is 40.8 Å². The summed E-state index contributed by atoms with van der Waals surface area (Å²) in [5.74, 6) is -1.18. The molecule has 26 heavy (non-hydrogen) atoms. The molecule has 3 rings (SSSR count). The minimum absolute atomic E-state index is 0.0869. The molecule has 9 heteroatoms. The van der Waals surface area contributed by atoms with Gasteiger partial charge in [-0.15, -0.1) is 11.3 Å². The molecular formula is C17H15ClN2O5S. The first-order valence-electron chi connectivity index (χ1n) is 7.92. The number of hydrogen-bond acceptors (Lipinski definition) is 6. The number of halogens is 1. The van der Waals surface area contributed by atoms with E-state index in [2.05, 4.69) is 5.32 Å². The monoisotopic (exact) mass is 394 g/mol. The standard InChI is InChI=1S/C17H15ClN2O5S/c1-9(25-17(22)15-7-10-3-2-4-14(10)26-15)16(21)19-13-8-11(20(23)24)5-6-12(13)18/h5-9H,2-4H2,1H3,(H,19,21)/t9-/m0/s1. The lowest BCUT2D eigenvalue weighted by Gasteiger charge is -2.13. The number of non-ortho nitro benzene ring substituents is 1. The summed E-state index contributed by atoms with van der Waals surface area (Å²) >= 11 is 7.34. The lowest BCUT2D eigenvalue weighted by Crippen LogP contribution is -2.29. The Hall–Kier alpha value is -2.45. The van der Waals surface area contributed by atoms with Crippen LogP contribution in [0.5, 0.6) is 0 Å². The molecule has 0 radical (unpaired) electrons. The van der Waals surface area contributed by atoms with Crippen molar-refractivity contribution in [1.29, 1.82) is 0 Å². The van der Waals surface area contributed by atoms with Gasteiger partial charge in [-0.1, -0.05) is 11.6 Å². The number of nitrogens with zero attached hydrogens (tertiary/aromatic N) is 1. The average Bonchev–Trinajstić information content (AvgIpc) is 3.18. The number of amides is 1. The Kier molecular flexibility index (Phi) is 5.24. The van der Waals surface area contributed by atoms with Gasteiger partial charge in [0, 0.05) is 17.0 Å². The van der Waals surface area contributed by atoms with Crippen molar-refractivity contribution in [2.75, 3.05) is 5.32 Å². The zero-order chi connectivity index (χ0) is 18.8. The van der Waals surface area contributed by atoms with E-state index in [9.17, 15) is 19.7 Å². The molecule has 1 atom stereocenters. The molecule has 1 heterocycles. The number of ether oxygens (including phenoxy) is 1. The van der Waals surface area contributed by atoms with Crippen molar-refractivity contribution in [1.82, 2.24) is 0 Å². The fourth-order valence-corrected chi connectivity index (χ4v) is 3.96. The van der Waals surface area contributed by atoms with Gasteiger partial charge >= 0.3 is 5.97 Å². The predicted octanol–water partition coefficient (Wildman–Crippen LogP) is 3.98. The van der Waals surface area contributed by atoms with E-state index in [-0.39, 0.29) is 16.4 Å². The molecule has 2 aromatic rings. The number of benzene rings is 1. The molecule has 7 nitrogen and oxygen atoms in total. The van der Waals surface area contributed by atoms with E-state index in [4.69, 9.17) is 16.3 Å². The Balaban J connectivity index is 1.65. The van der Waals surface area contributed by atoms with Gasteiger partial charge in [-0.25, -0.2) is 4.79 Å². The fraction of sp³-hybridized carbons (Fsp3) is 0.294. The summed E-state index contributed by atoms with van der Waals surface area (Å²) in [5.41, 5.74) is 1.05. The van der Waals surface area contributed by atoms with Gasteiger partial charge in [0.2, 0.25) is 0 Å². The number of nitrogens with one attached hydrogen (secondary N) is 1. The summed E-state index contributed by atoms with van der Waals surface area (Å²) in [4.78, 5) is 36.4. The summed E-state index contributed by atoms with van der Waals surface area (Å²) in [6.45, 7) is 1.43. The van der Waals surface area contributed by atoms with Crippen LogP contribution in [0.25, 0.3) is 0 Å². The van der Waals surface area contributed by atoms with Crippen molar-refractivity contribution in [2.24, 2.45) is 0 Å². The number of rotatable bonds is 5. The maximum Gasteiger partial charge on any atom is 0.349 e. The second kappa shape index (κ2) is 7.43. The molecule has 0 bridgehead atoms. The van der Waals surface area contributed by atoms with Crippen LogP contribution in [-0.4, -0.2) is 22.9 Å². The van der Waals surface area contributed by atoms with Crippen molar-refractivity contribution in [3.05, 3.63) is 54.7 Å². The molecule has 0 saturated carbocycles. The summed E-state index contributed by atoms with van der Waals surface area (Å²) in [6.07, 6.45) is 1.95. The minimum atomic E-state index is -1.07. The molecule has 1 aromatic carbocycles. The van der Waals surface area contributed by atoms with E-state index in [1.807, 2.05) is 6.07 Å². The Bertz CT molecular complexity index is 874. The fourth-order valence-electron chi connectivity index (χ4n) is 2.66. The summed E-state index contributed by atoms with van der Waals surface area (Å²) < 4.78 is 5.21. The zero-order valence-electron chi connectivity index (χ0n) is 13.8. The number of nitro groups is 1. The Morgan fingerprint density at radius 2 is 2.12 bits per heavy atom. The van der Waals surface area contributed by atoms with Crippen LogP contribution >= 0.6 is 22.9 Å². The summed E-state index contributed by atoms with van der Waals surface area (Å²) in [7, 11) is 0. The van der Waals surface area contributed by atoms with E-state index in [1.54, 1.807) is 0 Å². The van der Waals surface area contributed by atoms with Gasteiger partial charge < -0.3 is 10.1 Å². The highest BCUT2D eigenvalue weighted by Crippen LogP contribution is 2.31. The maximum absolute atomic E-state index is 12.2. The highest BCUT2D eigenvalue weighted by molar-refractivity contribution is 7.14. The molecule has 136 valence electrons. The van der Waals surface area contributed by atoms with E-state index >= 15 is 0 Å². The normalized spacial score (nSPS) is 13.8. The van der Waals surface area contributed by atoms with Crippen LogP contribution in [0, 0.1) is 10.1 Å². The zero-order valence-corrected chi connectivity index (χ0v) is 15.4. The van der Waals surface area contributed by atoms with E-state index in [0.717, 1.165) is 25.3 Å². The van der Waals surface area contributed by atoms with Crippen molar-refractivity contribution < 1.29 is 19.2 Å². The van der Waals surface area contributed by atoms with Crippen LogP contribution in [-0.2, 0) is 22.4 Å². The molecule has 1 aromatic heterocycles. The molecule has 1 aliphatic carbocycles. The number of carbonyl (C=O) groups is 2. The lowest BCUT2D eigenvalue weighted by atomic mass is 10.2. The third-order valence-corrected chi connectivity index (χ3v) is 5.57. The van der Waals surface area contributed by atoms with Gasteiger partial charge in [0.25, 0.3) is 11.6 Å². The molecule has 0 fully saturated rings. The molecule has 1 aliphatic rings. The SMILES string of the molecule is C[C@H](OC(=O)c1cc2c(s1)CCC2)C(=O)Nc1cc([N+](=O)[O-])ccc1Cl. The van der Waals surface area contributed by atoms with Crippen LogP contribution < -0.4 is 5.32 Å². The molecule has 1 amide bonds. The van der Waals surface area contributed by atoms with Gasteiger partial charge in [0.1, 0.15) is 4.88 Å². The quantitative estimate of drug-likeness (QED) is 0.469. The minimum Gasteiger partial charge on any atom is -0.448 e. The van der Waals surface area contributed by atoms with Gasteiger partial charge in [-0.2, -0.15) is 0 Å². The van der Waals surface area contributed by atoms with Crippen molar-refractivity contribution >= 4 is 46.2 Å². The summed E-state index contributed by atoms with van der Waals surface area (Å²) in [6, 6.07) is 5.52. The van der Waals surface area contributed by atoms with Crippen LogP contribution in [0.15, 0.2) is 24.3 Å². The second-order valence-corrected chi connectivity index (χ2v) is 7.41. The number of thiophene rings is 1. The van der Waals surface area contributed by atoms with Gasteiger partial charge in [-0.3, -0.25) is 14.9 Å². The number of fused-ring (bicyclic) bond motifs is 1. The average molecular weight is 395 g/mol. The first kappa shape index (κ1) is 18.3. The van der Waals surface area contributed by atoms with E-state index in [0.29, 0.717) is 4.88 Å². The number of carbonyl (C=O) groups excluding carboxylic acids is 2. The van der Waals surface area contributed by atoms with E-state index < -0.39 is 22.9 Å². The van der Waals surface area contributed by atoms with Crippen molar-refractivity contribution in [3.63, 3.8) is 0 Å². The highest BCUT2D eigenvalue weighted by atomic mass is 35.5. The Morgan fingerprint density at radius 1 is 1.35 bits per heavy atom. The Labute approximate surface area is 158 Å². The number of nitro benzene ring substituents is 1. The topological polar surface area (TPSA) is 98.5 Å². The van der Waals surface area contributed by atoms with Crippen molar-refractivity contribution in [2.45, 2.75) is 32.3 Å². The predicted molar refractivity (Wildman–Crippen MR) is 98.0 cm³/mol. The highest BCUT2D eigenvalue weighted by Gasteiger charge is 2.24. The maximum atomic E-state index is 12.2. The summed E-state index contributed by atoms with van der Waals surface area (Å²) in [5, 5.41) is 13.4. The van der Waals surface area contributed by atoms with Crippen LogP contribution in [0.1, 0.15) is 33.5 Å². The lowest BCUT2D eigenvalue weighted by molar-refractivity contribution is -0.384. The van der Waals surface area contributed by atoms with Crippen LogP contribution in [0.2, 0.25) is 5.02 Å².